The maximum Gasteiger partial charge on any atom is 0.309 e. The Balaban J connectivity index is 2.66. The lowest BCUT2D eigenvalue weighted by molar-refractivity contribution is -0.384. The Morgan fingerprint density at radius 2 is 2.32 bits per heavy atom. The van der Waals surface area contributed by atoms with Crippen LogP contribution >= 0.6 is 0 Å². The topological polar surface area (TPSA) is 131 Å². The first-order valence-electron chi connectivity index (χ1n) is 5.33. The molecule has 19 heavy (non-hydrogen) atoms. The number of nitrogens with two attached hydrogens (primary N) is 1. The third-order valence-corrected chi connectivity index (χ3v) is 2.15. The summed E-state index contributed by atoms with van der Waals surface area (Å²) in [6.45, 7) is 0.210. The highest BCUT2D eigenvalue weighted by Gasteiger charge is 2.18. The number of benzene rings is 1. The van der Waals surface area contributed by atoms with Crippen molar-refractivity contribution in [2.24, 2.45) is 5.73 Å². The largest absolute Gasteiger partial charge is 0.377 e. The van der Waals surface area contributed by atoms with Crippen molar-refractivity contribution in [2.75, 3.05) is 25.1 Å². The zero-order chi connectivity index (χ0) is 14.3. The predicted molar refractivity (Wildman–Crippen MR) is 66.3 cm³/mol. The summed E-state index contributed by atoms with van der Waals surface area (Å²) >= 11 is 0. The van der Waals surface area contributed by atoms with E-state index in [1.807, 2.05) is 0 Å². The van der Waals surface area contributed by atoms with Crippen LogP contribution in [0.2, 0.25) is 0 Å². The van der Waals surface area contributed by atoms with Gasteiger partial charge in [0.25, 0.3) is 0 Å². The lowest BCUT2D eigenvalue weighted by atomic mass is 10.1. The van der Waals surface area contributed by atoms with Crippen LogP contribution < -0.4 is 11.1 Å². The zero-order valence-corrected chi connectivity index (χ0v) is 9.96. The molecule has 0 aliphatic heterocycles. The molecule has 0 aromatic heterocycles. The summed E-state index contributed by atoms with van der Waals surface area (Å²) in [6, 6.07) is 6.16. The molecule has 0 bridgehead atoms. The number of para-hydroxylation sites is 1. The van der Waals surface area contributed by atoms with Crippen LogP contribution in [0.3, 0.4) is 0 Å². The second kappa shape index (κ2) is 6.93. The number of nitriles is 1. The van der Waals surface area contributed by atoms with Gasteiger partial charge in [0.2, 0.25) is 5.91 Å². The second-order valence-electron chi connectivity index (χ2n) is 3.52. The summed E-state index contributed by atoms with van der Waals surface area (Å²) in [4.78, 5) is 20.7. The molecular formula is C11H12N4O4. The maximum atomic E-state index is 10.9. The van der Waals surface area contributed by atoms with Crippen molar-refractivity contribution in [3.05, 3.63) is 33.9 Å². The van der Waals surface area contributed by atoms with Gasteiger partial charge in [-0.25, -0.2) is 0 Å². The van der Waals surface area contributed by atoms with E-state index < -0.39 is 10.8 Å². The van der Waals surface area contributed by atoms with E-state index in [4.69, 9.17) is 15.7 Å². The molecule has 1 amide bonds. The number of rotatable bonds is 7. The number of carbonyl (C=O) groups excluding carboxylic acids is 1. The minimum Gasteiger partial charge on any atom is -0.377 e. The molecule has 1 aromatic rings. The van der Waals surface area contributed by atoms with Gasteiger partial charge in [0.1, 0.15) is 23.9 Å². The van der Waals surface area contributed by atoms with E-state index in [0.29, 0.717) is 0 Å². The monoisotopic (exact) mass is 264 g/mol. The van der Waals surface area contributed by atoms with E-state index >= 15 is 0 Å². The lowest BCUT2D eigenvalue weighted by Gasteiger charge is -2.07. The molecule has 100 valence electrons. The van der Waals surface area contributed by atoms with Gasteiger partial charge >= 0.3 is 5.69 Å². The molecule has 0 saturated carbocycles. The second-order valence-corrected chi connectivity index (χ2v) is 3.52. The van der Waals surface area contributed by atoms with Crippen molar-refractivity contribution in [3.8, 4) is 6.07 Å². The van der Waals surface area contributed by atoms with Crippen molar-refractivity contribution < 1.29 is 14.5 Å². The maximum absolute atomic E-state index is 10.9. The molecule has 1 rings (SSSR count). The van der Waals surface area contributed by atoms with Gasteiger partial charge in [-0.15, -0.1) is 0 Å². The van der Waals surface area contributed by atoms with Gasteiger partial charge in [-0.3, -0.25) is 14.9 Å². The molecule has 0 heterocycles. The standard InChI is InChI=1S/C11H12N4O4/c12-6-8-2-1-3-9(11(8)15(17)18)14-4-5-19-7-10(13)16/h1-3,14H,4-5,7H2,(H2,13,16). The Morgan fingerprint density at radius 3 is 2.89 bits per heavy atom. The average molecular weight is 264 g/mol. The first kappa shape index (κ1) is 14.4. The summed E-state index contributed by atoms with van der Waals surface area (Å²) in [6.07, 6.45) is 0. The van der Waals surface area contributed by atoms with E-state index in [-0.39, 0.29) is 36.7 Å². The number of anilines is 1. The van der Waals surface area contributed by atoms with Gasteiger partial charge in [-0.1, -0.05) is 6.07 Å². The van der Waals surface area contributed by atoms with Gasteiger partial charge in [0.15, 0.2) is 0 Å². The number of nitrogens with zero attached hydrogens (tertiary/aromatic N) is 2. The van der Waals surface area contributed by atoms with E-state index in [9.17, 15) is 14.9 Å². The van der Waals surface area contributed by atoms with Crippen molar-refractivity contribution in [3.63, 3.8) is 0 Å². The molecule has 0 spiro atoms. The fourth-order valence-electron chi connectivity index (χ4n) is 1.40. The van der Waals surface area contributed by atoms with Crippen LogP contribution in [-0.4, -0.2) is 30.6 Å². The van der Waals surface area contributed by atoms with Crippen LogP contribution in [0.25, 0.3) is 0 Å². The Kier molecular flexibility index (Phi) is 5.25. The van der Waals surface area contributed by atoms with Crippen molar-refractivity contribution >= 4 is 17.3 Å². The van der Waals surface area contributed by atoms with Crippen molar-refractivity contribution in [1.29, 1.82) is 5.26 Å². The highest BCUT2D eigenvalue weighted by molar-refractivity contribution is 5.75. The molecular weight excluding hydrogens is 252 g/mol. The summed E-state index contributed by atoms with van der Waals surface area (Å²) < 4.78 is 4.90. The number of hydrogen-bond donors (Lipinski definition) is 2. The number of nitro benzene ring substituents is 1. The Morgan fingerprint density at radius 1 is 1.58 bits per heavy atom. The normalized spacial score (nSPS) is 9.63. The van der Waals surface area contributed by atoms with Gasteiger partial charge in [-0.2, -0.15) is 5.26 Å². The molecule has 0 aliphatic rings. The minimum atomic E-state index is -0.620. The van der Waals surface area contributed by atoms with Gasteiger partial charge < -0.3 is 15.8 Å². The summed E-state index contributed by atoms with van der Waals surface area (Å²) in [5.41, 5.74) is 4.81. The fraction of sp³-hybridized carbons (Fsp3) is 0.273. The van der Waals surface area contributed by atoms with Crippen molar-refractivity contribution in [1.82, 2.24) is 0 Å². The van der Waals surface area contributed by atoms with E-state index in [1.54, 1.807) is 6.07 Å². The van der Waals surface area contributed by atoms with Gasteiger partial charge in [0, 0.05) is 6.54 Å². The first-order chi connectivity index (χ1) is 9.06. The summed E-state index contributed by atoms with van der Waals surface area (Å²) in [5, 5.41) is 22.5. The predicted octanol–water partition coefficient (Wildman–Crippen LogP) is 0.380. The van der Waals surface area contributed by atoms with Crippen LogP contribution in [0.1, 0.15) is 5.56 Å². The molecule has 0 saturated heterocycles. The highest BCUT2D eigenvalue weighted by atomic mass is 16.6. The molecule has 3 N–H and O–H groups in total. The van der Waals surface area contributed by atoms with Crippen LogP contribution in [0, 0.1) is 21.4 Å². The fourth-order valence-corrected chi connectivity index (χ4v) is 1.40. The number of ether oxygens (including phenoxy) is 1. The SMILES string of the molecule is N#Cc1cccc(NCCOCC(N)=O)c1[N+](=O)[O-]. The zero-order valence-electron chi connectivity index (χ0n) is 9.96. The molecule has 0 aliphatic carbocycles. The van der Waals surface area contributed by atoms with Gasteiger partial charge in [0.05, 0.1) is 11.5 Å². The first-order valence-corrected chi connectivity index (χ1v) is 5.33. The molecule has 0 unspecified atom stereocenters. The number of amides is 1. The Bertz CT molecular complexity index is 524. The number of carbonyl (C=O) groups is 1. The number of hydrogen-bond acceptors (Lipinski definition) is 6. The van der Waals surface area contributed by atoms with E-state index in [2.05, 4.69) is 5.32 Å². The number of nitrogens with one attached hydrogen (secondary N) is 1. The lowest BCUT2D eigenvalue weighted by Crippen LogP contribution is -2.20. The number of primary amides is 1. The molecule has 8 heteroatoms. The van der Waals surface area contributed by atoms with E-state index in [0.717, 1.165) is 0 Å². The van der Waals surface area contributed by atoms with Crippen LogP contribution in [0.4, 0.5) is 11.4 Å². The Labute approximate surface area is 108 Å². The molecule has 0 fully saturated rings. The van der Waals surface area contributed by atoms with Crippen molar-refractivity contribution in [2.45, 2.75) is 0 Å². The molecule has 0 atom stereocenters. The quantitative estimate of drug-likeness (QED) is 0.415. The minimum absolute atomic E-state index is 0.0203. The molecule has 0 radical (unpaired) electrons. The van der Waals surface area contributed by atoms with E-state index in [1.165, 1.54) is 18.2 Å². The summed E-state index contributed by atoms with van der Waals surface area (Å²) in [7, 11) is 0. The third kappa shape index (κ3) is 4.25. The van der Waals surface area contributed by atoms with Crippen LogP contribution in [0.5, 0.6) is 0 Å². The molecule has 1 aromatic carbocycles. The number of nitro groups is 1. The smallest absolute Gasteiger partial charge is 0.309 e. The van der Waals surface area contributed by atoms with Gasteiger partial charge in [-0.05, 0) is 12.1 Å². The Hall–Kier alpha value is -2.66. The van der Waals surface area contributed by atoms with Crippen LogP contribution in [-0.2, 0) is 9.53 Å². The van der Waals surface area contributed by atoms with Crippen LogP contribution in [0.15, 0.2) is 18.2 Å². The average Bonchev–Trinajstić information content (AvgIpc) is 2.37. The molecule has 8 nitrogen and oxygen atoms in total. The highest BCUT2D eigenvalue weighted by Crippen LogP contribution is 2.27. The summed E-state index contributed by atoms with van der Waals surface area (Å²) in [5.74, 6) is -0.586. The third-order valence-electron chi connectivity index (χ3n) is 2.15.